The monoisotopic (exact) mass is 462 g/mol. The Morgan fingerprint density at radius 2 is 0.846 bits per heavy atom. The highest BCUT2D eigenvalue weighted by Crippen LogP contribution is 2.25. The maximum absolute atomic E-state index is 8.88. The quantitative estimate of drug-likeness (QED) is 0.162. The Hall–Kier alpha value is 0.550. The zero-order valence-corrected chi connectivity index (χ0v) is 20.3. The van der Waals surface area contributed by atoms with E-state index < -0.39 is 7.82 Å². The van der Waals surface area contributed by atoms with Gasteiger partial charge in [0.25, 0.3) is 0 Å². The van der Waals surface area contributed by atoms with Gasteiger partial charge in [0.15, 0.2) is 0 Å². The molecular formula is C19H46BrNO4P+. The minimum atomic E-state index is -4.64. The molecule has 0 radical (unpaired) electrons. The van der Waals surface area contributed by atoms with Gasteiger partial charge in [0.05, 0.1) is 27.7 Å². The summed E-state index contributed by atoms with van der Waals surface area (Å²) >= 11 is 0. The first-order valence-electron chi connectivity index (χ1n) is 10.1. The van der Waals surface area contributed by atoms with Crippen LogP contribution < -0.4 is 0 Å². The van der Waals surface area contributed by atoms with Crippen LogP contribution in [-0.2, 0) is 4.57 Å². The Balaban J connectivity index is -0.000000772. The van der Waals surface area contributed by atoms with Gasteiger partial charge in [0.2, 0.25) is 0 Å². The smallest absolute Gasteiger partial charge is 0.331 e. The molecule has 0 spiro atoms. The summed E-state index contributed by atoms with van der Waals surface area (Å²) in [6, 6.07) is 0. The molecule has 0 aliphatic rings. The van der Waals surface area contributed by atoms with Gasteiger partial charge in [-0.25, -0.2) is 4.57 Å². The van der Waals surface area contributed by atoms with Crippen molar-refractivity contribution in [2.45, 2.75) is 96.8 Å². The largest absolute Gasteiger partial charge is 0.466 e. The third-order valence-corrected chi connectivity index (χ3v) is 4.18. The van der Waals surface area contributed by atoms with Gasteiger partial charge < -0.3 is 19.2 Å². The molecule has 0 aromatic heterocycles. The van der Waals surface area contributed by atoms with Crippen molar-refractivity contribution in [1.82, 2.24) is 0 Å². The number of nitrogens with zero attached hydrogens (tertiary/aromatic N) is 1. The summed E-state index contributed by atoms with van der Waals surface area (Å²) in [6.45, 7) is 3.63. The third kappa shape index (κ3) is 44.2. The van der Waals surface area contributed by atoms with E-state index in [9.17, 15) is 0 Å². The fraction of sp³-hybridized carbons (Fsp3) is 1.00. The van der Waals surface area contributed by atoms with Gasteiger partial charge in [0, 0.05) is 0 Å². The maximum Gasteiger partial charge on any atom is 0.466 e. The Kier molecular flexibility index (Phi) is 24.4. The van der Waals surface area contributed by atoms with Gasteiger partial charge in [-0.2, -0.15) is 0 Å². The summed E-state index contributed by atoms with van der Waals surface area (Å²) in [5, 5.41) is 0. The van der Waals surface area contributed by atoms with Crippen molar-refractivity contribution >= 4 is 24.8 Å². The molecule has 0 aliphatic carbocycles. The molecule has 3 N–H and O–H groups in total. The van der Waals surface area contributed by atoms with Crippen molar-refractivity contribution in [2.75, 3.05) is 27.7 Å². The summed E-state index contributed by atoms with van der Waals surface area (Å²) in [6.07, 6.45) is 20.4. The van der Waals surface area contributed by atoms with Crippen LogP contribution >= 0.6 is 24.8 Å². The first-order chi connectivity index (χ1) is 11.6. The molecule has 7 heteroatoms. The Morgan fingerprint density at radius 3 is 1.08 bits per heavy atom. The second kappa shape index (κ2) is 20.3. The van der Waals surface area contributed by atoms with E-state index >= 15 is 0 Å². The van der Waals surface area contributed by atoms with Crippen molar-refractivity contribution in [2.24, 2.45) is 0 Å². The van der Waals surface area contributed by atoms with Crippen LogP contribution in [0.3, 0.4) is 0 Å². The lowest BCUT2D eigenvalue weighted by Gasteiger charge is -2.23. The first-order valence-corrected chi connectivity index (χ1v) is 11.7. The molecule has 0 saturated carbocycles. The molecule has 0 aromatic rings. The van der Waals surface area contributed by atoms with Crippen molar-refractivity contribution in [1.29, 1.82) is 0 Å². The van der Waals surface area contributed by atoms with Gasteiger partial charge in [-0.1, -0.05) is 84.0 Å². The van der Waals surface area contributed by atoms with Crippen LogP contribution in [-0.4, -0.2) is 46.9 Å². The van der Waals surface area contributed by atoms with Crippen LogP contribution in [0, 0.1) is 0 Å². The lowest BCUT2D eigenvalue weighted by molar-refractivity contribution is -0.870. The van der Waals surface area contributed by atoms with E-state index in [2.05, 4.69) is 28.1 Å². The standard InChI is InChI=1S/C19H42N.BrH.H3O4P/c1-5-6-7-8-9-10-11-12-13-14-15-16-17-18-19-20(2,3)4;;1-5(2,3)4/h5-19H2,1-4H3;1H;(H3,1,2,3,4)/q+1;;. The van der Waals surface area contributed by atoms with E-state index in [4.69, 9.17) is 19.2 Å². The Bertz CT molecular complexity index is 311. The maximum atomic E-state index is 8.88. The van der Waals surface area contributed by atoms with Gasteiger partial charge >= 0.3 is 7.82 Å². The highest BCUT2D eigenvalue weighted by atomic mass is 79.9. The molecule has 162 valence electrons. The second-order valence-electron chi connectivity index (χ2n) is 8.12. The molecular weight excluding hydrogens is 417 g/mol. The molecule has 26 heavy (non-hydrogen) atoms. The van der Waals surface area contributed by atoms with E-state index in [1.807, 2.05) is 0 Å². The first kappa shape index (κ1) is 31.3. The fourth-order valence-electron chi connectivity index (χ4n) is 2.78. The van der Waals surface area contributed by atoms with E-state index in [0.29, 0.717) is 0 Å². The van der Waals surface area contributed by atoms with Crippen molar-refractivity contribution in [3.63, 3.8) is 0 Å². The predicted octanol–water partition coefficient (Wildman–Crippen LogP) is 5.82. The molecule has 0 atom stereocenters. The van der Waals surface area contributed by atoms with E-state index in [1.54, 1.807) is 0 Å². The molecule has 0 fully saturated rings. The van der Waals surface area contributed by atoms with Gasteiger partial charge in [0.1, 0.15) is 0 Å². The van der Waals surface area contributed by atoms with Gasteiger partial charge in [-0.05, 0) is 12.8 Å². The van der Waals surface area contributed by atoms with Crippen LogP contribution in [0.4, 0.5) is 0 Å². The number of unbranched alkanes of at least 4 members (excludes halogenated alkanes) is 13. The van der Waals surface area contributed by atoms with E-state index in [1.165, 1.54) is 96.4 Å². The number of hydrogen-bond donors (Lipinski definition) is 3. The molecule has 0 saturated heterocycles. The van der Waals surface area contributed by atoms with Crippen molar-refractivity contribution in [3.8, 4) is 0 Å². The lowest BCUT2D eigenvalue weighted by atomic mass is 10.0. The molecule has 0 aromatic carbocycles. The van der Waals surface area contributed by atoms with Gasteiger partial charge in [-0.3, -0.25) is 0 Å². The van der Waals surface area contributed by atoms with Crippen LogP contribution in [0.5, 0.6) is 0 Å². The second-order valence-corrected chi connectivity index (χ2v) is 9.15. The van der Waals surface area contributed by atoms with Crippen molar-refractivity contribution < 1.29 is 23.7 Å². The predicted molar refractivity (Wildman–Crippen MR) is 118 cm³/mol. The average Bonchev–Trinajstić information content (AvgIpc) is 2.45. The lowest BCUT2D eigenvalue weighted by Crippen LogP contribution is -2.35. The van der Waals surface area contributed by atoms with Crippen LogP contribution in [0.1, 0.15) is 96.8 Å². The fourth-order valence-corrected chi connectivity index (χ4v) is 2.78. The molecule has 5 nitrogen and oxygen atoms in total. The highest BCUT2D eigenvalue weighted by Gasteiger charge is 2.04. The summed E-state index contributed by atoms with van der Waals surface area (Å²) in [4.78, 5) is 21.6. The summed E-state index contributed by atoms with van der Waals surface area (Å²) < 4.78 is 10.0. The summed E-state index contributed by atoms with van der Waals surface area (Å²) in [7, 11) is 2.24. The van der Waals surface area contributed by atoms with Crippen LogP contribution in [0.15, 0.2) is 0 Å². The van der Waals surface area contributed by atoms with Crippen LogP contribution in [0.25, 0.3) is 0 Å². The molecule has 0 unspecified atom stereocenters. The average molecular weight is 463 g/mol. The zero-order valence-electron chi connectivity index (χ0n) is 17.7. The molecule has 0 bridgehead atoms. The number of hydrogen-bond acceptors (Lipinski definition) is 1. The topological polar surface area (TPSA) is 77.8 Å². The summed E-state index contributed by atoms with van der Waals surface area (Å²) in [5.41, 5.74) is 0. The van der Waals surface area contributed by atoms with Crippen LogP contribution in [0.2, 0.25) is 0 Å². The van der Waals surface area contributed by atoms with Crippen molar-refractivity contribution in [3.05, 3.63) is 0 Å². The van der Waals surface area contributed by atoms with E-state index in [0.717, 1.165) is 4.48 Å². The normalized spacial score (nSPS) is 11.5. The Labute approximate surface area is 173 Å². The minimum Gasteiger partial charge on any atom is -0.331 e. The molecule has 0 heterocycles. The van der Waals surface area contributed by atoms with E-state index in [-0.39, 0.29) is 17.0 Å². The molecule has 0 amide bonds. The number of quaternary nitrogens is 1. The Morgan fingerprint density at radius 1 is 0.615 bits per heavy atom. The third-order valence-electron chi connectivity index (χ3n) is 4.18. The zero-order chi connectivity index (χ0) is 19.6. The SMILES string of the molecule is Br.CCCCCCCCCCCCCCCC[N+](C)(C)C.O=P(O)(O)O. The number of rotatable bonds is 15. The number of halogens is 1. The highest BCUT2D eigenvalue weighted by molar-refractivity contribution is 8.93. The molecule has 0 aliphatic heterocycles. The molecule has 0 rings (SSSR count). The van der Waals surface area contributed by atoms with Gasteiger partial charge in [-0.15, -0.1) is 17.0 Å². The summed E-state index contributed by atoms with van der Waals surface area (Å²) in [5.74, 6) is 0. The minimum absolute atomic E-state index is 0. The number of phosphoric acid groups is 1.